The number of rotatable bonds is 3. The predicted molar refractivity (Wildman–Crippen MR) is 86.4 cm³/mol. The van der Waals surface area contributed by atoms with E-state index in [1.165, 1.54) is 5.56 Å². The Balaban J connectivity index is 2.32. The molecule has 1 aromatic heterocycles. The van der Waals surface area contributed by atoms with Crippen molar-refractivity contribution >= 4 is 28.5 Å². The predicted octanol–water partition coefficient (Wildman–Crippen LogP) is 3.66. The third kappa shape index (κ3) is 2.81. The minimum atomic E-state index is -0.344. The van der Waals surface area contributed by atoms with Crippen LogP contribution < -0.4 is 5.46 Å². The van der Waals surface area contributed by atoms with Gasteiger partial charge in [-0.25, -0.2) is 4.98 Å². The Morgan fingerprint density at radius 3 is 2.30 bits per heavy atom. The van der Waals surface area contributed by atoms with Gasteiger partial charge in [-0.2, -0.15) is 0 Å². The van der Waals surface area contributed by atoms with Crippen LogP contribution in [0.2, 0.25) is 0 Å². The first-order valence-corrected chi connectivity index (χ1v) is 7.98. The van der Waals surface area contributed by atoms with Crippen molar-refractivity contribution in [2.24, 2.45) is 0 Å². The van der Waals surface area contributed by atoms with Crippen LogP contribution in [-0.2, 0) is 9.31 Å². The van der Waals surface area contributed by atoms with E-state index < -0.39 is 0 Å². The maximum atomic E-state index is 6.08. The molecule has 1 unspecified atom stereocenters. The van der Waals surface area contributed by atoms with Gasteiger partial charge in [-0.1, -0.05) is 19.9 Å². The molecule has 0 radical (unpaired) electrons. The Labute approximate surface area is 130 Å². The number of hydrogen-bond acceptors (Lipinski definition) is 3. The third-order valence-electron chi connectivity index (χ3n) is 4.56. The van der Waals surface area contributed by atoms with Crippen LogP contribution in [0, 0.1) is 0 Å². The molecule has 0 spiro atoms. The van der Waals surface area contributed by atoms with Crippen LogP contribution in [0.15, 0.2) is 16.9 Å². The van der Waals surface area contributed by atoms with Gasteiger partial charge >= 0.3 is 7.12 Å². The lowest BCUT2D eigenvalue weighted by Crippen LogP contribution is -2.41. The molecule has 2 heterocycles. The Hall–Kier alpha value is -0.385. The summed E-state index contributed by atoms with van der Waals surface area (Å²) in [5.41, 5.74) is 1.56. The summed E-state index contributed by atoms with van der Waals surface area (Å²) in [7, 11) is -0.344. The smallest absolute Gasteiger partial charge is 0.399 e. The van der Waals surface area contributed by atoms with E-state index in [0.29, 0.717) is 5.92 Å². The van der Waals surface area contributed by atoms with Gasteiger partial charge in [0.25, 0.3) is 0 Å². The third-order valence-corrected chi connectivity index (χ3v) is 5.22. The zero-order valence-electron chi connectivity index (χ0n) is 13.2. The molecule has 0 aliphatic carbocycles. The maximum absolute atomic E-state index is 6.08. The molecular weight excluding hydrogens is 317 g/mol. The molecule has 0 saturated carbocycles. The highest BCUT2D eigenvalue weighted by Gasteiger charge is 2.51. The number of aromatic nitrogens is 1. The zero-order chi connectivity index (χ0) is 15.1. The average Bonchev–Trinajstić information content (AvgIpc) is 2.58. The molecule has 0 bridgehead atoms. The second kappa shape index (κ2) is 5.43. The molecule has 5 heteroatoms. The van der Waals surface area contributed by atoms with Crippen molar-refractivity contribution in [2.75, 3.05) is 0 Å². The van der Waals surface area contributed by atoms with E-state index in [9.17, 15) is 0 Å². The maximum Gasteiger partial charge on any atom is 0.496 e. The molecule has 110 valence electrons. The fraction of sp³-hybridized carbons (Fsp3) is 0.667. The van der Waals surface area contributed by atoms with Crippen molar-refractivity contribution in [2.45, 2.75) is 65.1 Å². The molecule has 1 atom stereocenters. The van der Waals surface area contributed by atoms with Crippen LogP contribution in [-0.4, -0.2) is 23.3 Å². The molecule has 2 rings (SSSR count). The van der Waals surface area contributed by atoms with Crippen LogP contribution in [0.1, 0.15) is 59.4 Å². The Bertz CT molecular complexity index is 489. The molecule has 20 heavy (non-hydrogen) atoms. The Morgan fingerprint density at radius 2 is 1.80 bits per heavy atom. The molecule has 0 amide bonds. The fourth-order valence-electron chi connectivity index (χ4n) is 2.16. The van der Waals surface area contributed by atoms with Gasteiger partial charge in [0.15, 0.2) is 0 Å². The Morgan fingerprint density at radius 1 is 1.25 bits per heavy atom. The first-order chi connectivity index (χ1) is 9.18. The first kappa shape index (κ1) is 16.0. The summed E-state index contributed by atoms with van der Waals surface area (Å²) < 4.78 is 13.1. The zero-order valence-corrected chi connectivity index (χ0v) is 14.7. The van der Waals surface area contributed by atoms with Gasteiger partial charge in [0.05, 0.1) is 11.2 Å². The van der Waals surface area contributed by atoms with Crippen molar-refractivity contribution in [3.8, 4) is 0 Å². The summed E-state index contributed by atoms with van der Waals surface area (Å²) in [5, 5.41) is 0. The van der Waals surface area contributed by atoms with Gasteiger partial charge in [0, 0.05) is 11.7 Å². The second-order valence-electron chi connectivity index (χ2n) is 6.55. The van der Waals surface area contributed by atoms with E-state index in [2.05, 4.69) is 68.5 Å². The lowest BCUT2D eigenvalue weighted by Gasteiger charge is -2.32. The highest BCUT2D eigenvalue weighted by molar-refractivity contribution is 9.10. The summed E-state index contributed by atoms with van der Waals surface area (Å²) in [6, 6.07) is 2.15. The normalized spacial score (nSPS) is 22.1. The summed E-state index contributed by atoms with van der Waals surface area (Å²) in [6.07, 6.45) is 2.91. The van der Waals surface area contributed by atoms with Gasteiger partial charge in [0.2, 0.25) is 0 Å². The van der Waals surface area contributed by atoms with Gasteiger partial charge < -0.3 is 9.31 Å². The Kier molecular flexibility index (Phi) is 4.34. The van der Waals surface area contributed by atoms with Crippen molar-refractivity contribution in [1.82, 2.24) is 4.98 Å². The van der Waals surface area contributed by atoms with Gasteiger partial charge in [0.1, 0.15) is 4.60 Å². The lowest BCUT2D eigenvalue weighted by atomic mass is 9.79. The van der Waals surface area contributed by atoms with Gasteiger partial charge in [-0.05, 0) is 61.5 Å². The van der Waals surface area contributed by atoms with E-state index in [1.807, 2.05) is 6.20 Å². The topological polar surface area (TPSA) is 31.4 Å². The summed E-state index contributed by atoms with van der Waals surface area (Å²) in [4.78, 5) is 4.44. The van der Waals surface area contributed by atoms with Crippen LogP contribution in [0.25, 0.3) is 0 Å². The average molecular weight is 340 g/mol. The largest absolute Gasteiger partial charge is 0.496 e. The molecule has 1 fully saturated rings. The molecule has 0 N–H and O–H groups in total. The van der Waals surface area contributed by atoms with Crippen LogP contribution in [0.4, 0.5) is 0 Å². The van der Waals surface area contributed by atoms with Crippen LogP contribution >= 0.6 is 15.9 Å². The van der Waals surface area contributed by atoms with E-state index in [4.69, 9.17) is 9.31 Å². The van der Waals surface area contributed by atoms with Crippen LogP contribution in [0.3, 0.4) is 0 Å². The van der Waals surface area contributed by atoms with E-state index >= 15 is 0 Å². The summed E-state index contributed by atoms with van der Waals surface area (Å²) in [6.45, 7) is 12.6. The number of hydrogen-bond donors (Lipinski definition) is 0. The van der Waals surface area contributed by atoms with Crippen molar-refractivity contribution in [3.63, 3.8) is 0 Å². The molecule has 1 aliphatic heterocycles. The van der Waals surface area contributed by atoms with Gasteiger partial charge in [-0.15, -0.1) is 0 Å². The second-order valence-corrected chi connectivity index (χ2v) is 7.30. The van der Waals surface area contributed by atoms with Crippen molar-refractivity contribution in [1.29, 1.82) is 0 Å². The van der Waals surface area contributed by atoms with Gasteiger partial charge in [-0.3, -0.25) is 0 Å². The lowest BCUT2D eigenvalue weighted by molar-refractivity contribution is 0.00578. The number of pyridine rings is 1. The summed E-state index contributed by atoms with van der Waals surface area (Å²) in [5.74, 6) is 0.458. The van der Waals surface area contributed by atoms with Crippen LogP contribution in [0.5, 0.6) is 0 Å². The van der Waals surface area contributed by atoms with Crippen molar-refractivity contribution < 1.29 is 9.31 Å². The first-order valence-electron chi connectivity index (χ1n) is 7.19. The molecule has 0 aromatic carbocycles. The van der Waals surface area contributed by atoms with Crippen molar-refractivity contribution in [3.05, 3.63) is 22.4 Å². The fourth-order valence-corrected chi connectivity index (χ4v) is 2.76. The highest BCUT2D eigenvalue weighted by atomic mass is 79.9. The minimum Gasteiger partial charge on any atom is -0.399 e. The highest BCUT2D eigenvalue weighted by Crippen LogP contribution is 2.36. The quantitative estimate of drug-likeness (QED) is 0.622. The van der Waals surface area contributed by atoms with E-state index in [-0.39, 0.29) is 18.3 Å². The summed E-state index contributed by atoms with van der Waals surface area (Å²) >= 11 is 3.53. The molecule has 1 saturated heterocycles. The molecule has 1 aromatic rings. The number of nitrogens with zero attached hydrogens (tertiary/aromatic N) is 1. The molecule has 3 nitrogen and oxygen atoms in total. The number of halogens is 1. The van der Waals surface area contributed by atoms with E-state index in [0.717, 1.165) is 16.5 Å². The molecule has 1 aliphatic rings. The molecular formula is C15H23BBrNO2. The standard InChI is InChI=1S/C15H23BBrNO2/c1-7-10(2)12-8-11(9-18-13(12)17)16-19-14(3,4)15(5,6)20-16/h8-10H,7H2,1-6H3. The minimum absolute atomic E-state index is 0.318. The van der Waals surface area contributed by atoms with E-state index in [1.54, 1.807) is 0 Å². The SMILES string of the molecule is CCC(C)c1cc(B2OC(C)(C)C(C)(C)O2)cnc1Br. The monoisotopic (exact) mass is 339 g/mol.